The van der Waals surface area contributed by atoms with Crippen molar-refractivity contribution in [3.63, 3.8) is 0 Å². The highest BCUT2D eigenvalue weighted by Crippen LogP contribution is 2.10. The van der Waals surface area contributed by atoms with Crippen LogP contribution in [0.4, 0.5) is 4.39 Å². The summed E-state index contributed by atoms with van der Waals surface area (Å²) in [5, 5.41) is 16.6. The first-order chi connectivity index (χ1) is 10.5. The minimum absolute atomic E-state index is 0.112. The molecule has 2 aromatic rings. The van der Waals surface area contributed by atoms with E-state index in [1.807, 2.05) is 18.2 Å². The number of aliphatic carboxylic acids is 2. The minimum atomic E-state index is -1.06. The fraction of sp³-hybridized carbons (Fsp3) is 0.125. The van der Waals surface area contributed by atoms with Crippen molar-refractivity contribution < 1.29 is 28.9 Å². The van der Waals surface area contributed by atoms with Gasteiger partial charge in [-0.05, 0) is 29.8 Å². The van der Waals surface area contributed by atoms with Gasteiger partial charge in [0.1, 0.15) is 11.6 Å². The van der Waals surface area contributed by atoms with Gasteiger partial charge >= 0.3 is 11.9 Å². The molecule has 0 radical (unpaired) electrons. The van der Waals surface area contributed by atoms with E-state index in [1.165, 1.54) is 24.3 Å². The van der Waals surface area contributed by atoms with Crippen molar-refractivity contribution in [2.45, 2.75) is 6.42 Å². The highest BCUT2D eigenvalue weighted by molar-refractivity contribution is 5.70. The molecule has 0 bridgehead atoms. The first-order valence-corrected chi connectivity index (χ1v) is 6.33. The first-order valence-electron chi connectivity index (χ1n) is 6.33. The molecule has 0 heterocycles. The zero-order chi connectivity index (χ0) is 16.4. The minimum Gasteiger partial charge on any atom is -0.482 e. The molecular weight excluding hydrogens is 291 g/mol. The van der Waals surface area contributed by atoms with Gasteiger partial charge in [-0.25, -0.2) is 9.18 Å². The number of carboxylic acid groups (broad SMARTS) is 2. The van der Waals surface area contributed by atoms with Crippen molar-refractivity contribution in [3.8, 4) is 5.75 Å². The SMILES string of the molecule is O=C(O)COc1ccc(F)cc1.O=C(O)Cc1ccccc1. The molecule has 2 aromatic carbocycles. The van der Waals surface area contributed by atoms with E-state index in [4.69, 9.17) is 14.9 Å². The topological polar surface area (TPSA) is 83.8 Å². The van der Waals surface area contributed by atoms with Crippen molar-refractivity contribution in [2.24, 2.45) is 0 Å². The molecule has 0 fully saturated rings. The van der Waals surface area contributed by atoms with Gasteiger partial charge in [-0.3, -0.25) is 4.79 Å². The molecule has 2 rings (SSSR count). The lowest BCUT2D eigenvalue weighted by Gasteiger charge is -2.01. The third-order valence-corrected chi connectivity index (χ3v) is 2.37. The molecule has 0 saturated heterocycles. The summed E-state index contributed by atoms with van der Waals surface area (Å²) in [5.74, 6) is -1.87. The van der Waals surface area contributed by atoms with Crippen LogP contribution >= 0.6 is 0 Å². The Morgan fingerprint density at radius 1 is 0.909 bits per heavy atom. The summed E-state index contributed by atoms with van der Waals surface area (Å²) in [6.07, 6.45) is 0.112. The van der Waals surface area contributed by atoms with E-state index in [1.54, 1.807) is 12.1 Å². The van der Waals surface area contributed by atoms with Crippen molar-refractivity contribution >= 4 is 11.9 Å². The summed E-state index contributed by atoms with van der Waals surface area (Å²) < 4.78 is 17.1. The molecule has 5 nitrogen and oxygen atoms in total. The van der Waals surface area contributed by atoms with Crippen LogP contribution < -0.4 is 4.74 Å². The van der Waals surface area contributed by atoms with Crippen LogP contribution in [0, 0.1) is 5.82 Å². The van der Waals surface area contributed by atoms with Crippen LogP contribution in [0.15, 0.2) is 54.6 Å². The fourth-order valence-corrected chi connectivity index (χ4v) is 1.45. The van der Waals surface area contributed by atoms with Gasteiger partial charge < -0.3 is 14.9 Å². The maximum absolute atomic E-state index is 12.3. The van der Waals surface area contributed by atoms with Crippen LogP contribution in [0.1, 0.15) is 5.56 Å². The summed E-state index contributed by atoms with van der Waals surface area (Å²) in [5.41, 5.74) is 0.843. The lowest BCUT2D eigenvalue weighted by Crippen LogP contribution is -2.09. The second-order valence-electron chi connectivity index (χ2n) is 4.19. The van der Waals surface area contributed by atoms with Gasteiger partial charge in [0, 0.05) is 0 Å². The average molecular weight is 306 g/mol. The Kier molecular flexibility index (Phi) is 7.12. The third-order valence-electron chi connectivity index (χ3n) is 2.37. The monoisotopic (exact) mass is 306 g/mol. The summed E-state index contributed by atoms with van der Waals surface area (Å²) in [7, 11) is 0. The van der Waals surface area contributed by atoms with Crippen LogP contribution in [-0.4, -0.2) is 28.8 Å². The van der Waals surface area contributed by atoms with Gasteiger partial charge in [-0.1, -0.05) is 30.3 Å². The average Bonchev–Trinajstić information content (AvgIpc) is 2.48. The van der Waals surface area contributed by atoms with Crippen LogP contribution in [0.25, 0.3) is 0 Å². The number of ether oxygens (including phenoxy) is 1. The largest absolute Gasteiger partial charge is 0.482 e. The van der Waals surface area contributed by atoms with E-state index in [0.29, 0.717) is 5.75 Å². The number of hydrogen-bond acceptors (Lipinski definition) is 3. The van der Waals surface area contributed by atoms with Crippen LogP contribution in [-0.2, 0) is 16.0 Å². The van der Waals surface area contributed by atoms with Crippen molar-refractivity contribution in [1.82, 2.24) is 0 Å². The molecule has 0 aromatic heterocycles. The fourth-order valence-electron chi connectivity index (χ4n) is 1.45. The second kappa shape index (κ2) is 9.12. The Labute approximate surface area is 126 Å². The van der Waals surface area contributed by atoms with Crippen molar-refractivity contribution in [2.75, 3.05) is 6.61 Å². The number of halogens is 1. The van der Waals surface area contributed by atoms with Gasteiger partial charge in [-0.15, -0.1) is 0 Å². The number of hydrogen-bond donors (Lipinski definition) is 2. The van der Waals surface area contributed by atoms with E-state index < -0.39 is 18.5 Å². The van der Waals surface area contributed by atoms with Gasteiger partial charge in [-0.2, -0.15) is 0 Å². The molecule has 0 spiro atoms. The lowest BCUT2D eigenvalue weighted by molar-refractivity contribution is -0.139. The highest BCUT2D eigenvalue weighted by atomic mass is 19.1. The number of carbonyl (C=O) groups is 2. The molecule has 0 saturated carbocycles. The molecule has 0 unspecified atom stereocenters. The smallest absolute Gasteiger partial charge is 0.341 e. The quantitative estimate of drug-likeness (QED) is 0.887. The lowest BCUT2D eigenvalue weighted by atomic mass is 10.2. The van der Waals surface area contributed by atoms with Crippen molar-refractivity contribution in [1.29, 1.82) is 0 Å². The van der Waals surface area contributed by atoms with Crippen LogP contribution in [0.5, 0.6) is 5.75 Å². The van der Waals surface area contributed by atoms with Crippen LogP contribution in [0.2, 0.25) is 0 Å². The normalized spacial score (nSPS) is 9.32. The maximum atomic E-state index is 12.3. The third kappa shape index (κ3) is 7.64. The molecule has 116 valence electrons. The Morgan fingerprint density at radius 3 is 2.00 bits per heavy atom. The molecule has 0 amide bonds. The maximum Gasteiger partial charge on any atom is 0.341 e. The zero-order valence-electron chi connectivity index (χ0n) is 11.6. The molecule has 0 aliphatic heterocycles. The number of rotatable bonds is 5. The molecule has 2 N–H and O–H groups in total. The summed E-state index contributed by atoms with van der Waals surface area (Å²) >= 11 is 0. The molecule has 6 heteroatoms. The van der Waals surface area contributed by atoms with E-state index in [-0.39, 0.29) is 12.2 Å². The highest BCUT2D eigenvalue weighted by Gasteiger charge is 1.98. The van der Waals surface area contributed by atoms with Crippen molar-refractivity contribution in [3.05, 3.63) is 66.0 Å². The molecule has 0 atom stereocenters. The standard InChI is InChI=1S/C8H7FO3.C8H8O2/c9-6-1-3-7(4-2-6)12-5-8(10)11;9-8(10)6-7-4-2-1-3-5-7/h1-4H,5H2,(H,10,11);1-5H,6H2,(H,9,10). The predicted octanol–water partition coefficient (Wildman–Crippen LogP) is 2.60. The van der Waals surface area contributed by atoms with Gasteiger partial charge in [0.25, 0.3) is 0 Å². The van der Waals surface area contributed by atoms with E-state index in [0.717, 1.165) is 5.56 Å². The Balaban J connectivity index is 0.000000224. The van der Waals surface area contributed by atoms with Gasteiger partial charge in [0.05, 0.1) is 6.42 Å². The molecule has 22 heavy (non-hydrogen) atoms. The molecule has 0 aliphatic carbocycles. The number of benzene rings is 2. The molecular formula is C16H15FO5. The molecule has 0 aliphatic rings. The van der Waals surface area contributed by atoms with E-state index in [9.17, 15) is 14.0 Å². The Hall–Kier alpha value is -2.89. The summed E-state index contributed by atoms with van der Waals surface area (Å²) in [6.45, 7) is -0.411. The van der Waals surface area contributed by atoms with Crippen LogP contribution in [0.3, 0.4) is 0 Å². The zero-order valence-corrected chi connectivity index (χ0v) is 11.6. The van der Waals surface area contributed by atoms with Gasteiger partial charge in [0.2, 0.25) is 0 Å². The Morgan fingerprint density at radius 2 is 1.50 bits per heavy atom. The predicted molar refractivity (Wildman–Crippen MR) is 77.3 cm³/mol. The second-order valence-corrected chi connectivity index (χ2v) is 4.19. The number of carboxylic acids is 2. The van der Waals surface area contributed by atoms with E-state index >= 15 is 0 Å². The summed E-state index contributed by atoms with van der Waals surface area (Å²) in [4.78, 5) is 20.2. The van der Waals surface area contributed by atoms with E-state index in [2.05, 4.69) is 0 Å². The summed E-state index contributed by atoms with van der Waals surface area (Å²) in [6, 6.07) is 14.3. The Bertz CT molecular complexity index is 596. The van der Waals surface area contributed by atoms with Gasteiger partial charge in [0.15, 0.2) is 6.61 Å². The first kappa shape index (κ1) is 17.2.